The van der Waals surface area contributed by atoms with Gasteiger partial charge in [-0.1, -0.05) is 6.92 Å². The van der Waals surface area contributed by atoms with Crippen LogP contribution in [0, 0.1) is 5.82 Å². The Bertz CT molecular complexity index is 709. The highest BCUT2D eigenvalue weighted by molar-refractivity contribution is 5.95. The van der Waals surface area contributed by atoms with Gasteiger partial charge in [-0.25, -0.2) is 9.07 Å². The maximum atomic E-state index is 13.1. The van der Waals surface area contributed by atoms with Crippen molar-refractivity contribution in [3.8, 4) is 11.4 Å². The minimum Gasteiger partial charge on any atom is -0.489 e. The molecular weight excluding hydrogens is 325 g/mol. The number of amides is 1. The fraction of sp³-hybridized carbons (Fsp3) is 0.444. The molecule has 0 unspecified atom stereocenters. The van der Waals surface area contributed by atoms with E-state index in [1.54, 1.807) is 18.3 Å². The van der Waals surface area contributed by atoms with Gasteiger partial charge in [0.15, 0.2) is 11.4 Å². The van der Waals surface area contributed by atoms with Crippen molar-refractivity contribution in [3.05, 3.63) is 42.0 Å². The van der Waals surface area contributed by atoms with Crippen LogP contribution in [0.2, 0.25) is 0 Å². The lowest BCUT2D eigenvalue weighted by molar-refractivity contribution is 0.0850. The van der Waals surface area contributed by atoms with Gasteiger partial charge in [-0.3, -0.25) is 4.79 Å². The quantitative estimate of drug-likeness (QED) is 0.836. The van der Waals surface area contributed by atoms with E-state index in [1.807, 2.05) is 6.92 Å². The van der Waals surface area contributed by atoms with Gasteiger partial charge < -0.3 is 14.8 Å². The molecule has 1 saturated heterocycles. The van der Waals surface area contributed by atoms with Crippen molar-refractivity contribution in [2.45, 2.75) is 32.3 Å². The van der Waals surface area contributed by atoms with Gasteiger partial charge in [0.05, 0.1) is 24.6 Å². The van der Waals surface area contributed by atoms with E-state index < -0.39 is 0 Å². The Balaban J connectivity index is 1.77. The summed E-state index contributed by atoms with van der Waals surface area (Å²) in [6.07, 6.45) is 4.49. The molecule has 25 heavy (non-hydrogen) atoms. The third-order valence-electron chi connectivity index (χ3n) is 3.96. The van der Waals surface area contributed by atoms with Crippen LogP contribution in [0.4, 0.5) is 4.39 Å². The number of halogens is 1. The average molecular weight is 347 g/mol. The summed E-state index contributed by atoms with van der Waals surface area (Å²) >= 11 is 0. The standard InChI is InChI=1S/C18H22FN3O3/c1-2-9-25-16-12-22(14-7-5-13(19)6-8-14)21-17(16)18(23)20-11-15-4-3-10-24-15/h5-8,12,15H,2-4,9-11H2,1H3,(H,20,23)/t15-/m1/s1. The number of ether oxygens (including phenoxy) is 2. The molecule has 7 heteroatoms. The fourth-order valence-corrected chi connectivity index (χ4v) is 2.65. The van der Waals surface area contributed by atoms with Gasteiger partial charge in [0, 0.05) is 13.2 Å². The van der Waals surface area contributed by atoms with E-state index in [0.717, 1.165) is 25.9 Å². The van der Waals surface area contributed by atoms with Gasteiger partial charge in [-0.15, -0.1) is 0 Å². The molecule has 2 heterocycles. The lowest BCUT2D eigenvalue weighted by atomic mass is 10.2. The van der Waals surface area contributed by atoms with Crippen molar-refractivity contribution in [2.24, 2.45) is 0 Å². The highest BCUT2D eigenvalue weighted by Gasteiger charge is 2.21. The molecule has 1 aromatic carbocycles. The number of carbonyl (C=O) groups is 1. The average Bonchev–Trinajstić information content (AvgIpc) is 3.28. The fourth-order valence-electron chi connectivity index (χ4n) is 2.65. The molecule has 0 saturated carbocycles. The van der Waals surface area contributed by atoms with Crippen molar-refractivity contribution >= 4 is 5.91 Å². The second kappa shape index (κ2) is 8.11. The zero-order valence-electron chi connectivity index (χ0n) is 14.2. The maximum Gasteiger partial charge on any atom is 0.275 e. The van der Waals surface area contributed by atoms with E-state index in [1.165, 1.54) is 16.8 Å². The Kier molecular flexibility index (Phi) is 5.65. The largest absolute Gasteiger partial charge is 0.489 e. The van der Waals surface area contributed by atoms with Crippen LogP contribution >= 0.6 is 0 Å². The summed E-state index contributed by atoms with van der Waals surface area (Å²) in [5.41, 5.74) is 0.872. The van der Waals surface area contributed by atoms with Crippen molar-refractivity contribution in [1.82, 2.24) is 15.1 Å². The first-order chi connectivity index (χ1) is 12.2. The van der Waals surface area contributed by atoms with Crippen molar-refractivity contribution in [2.75, 3.05) is 19.8 Å². The first kappa shape index (κ1) is 17.4. The number of rotatable bonds is 7. The van der Waals surface area contributed by atoms with Crippen LogP contribution in [0.25, 0.3) is 5.69 Å². The molecule has 0 spiro atoms. The third kappa shape index (κ3) is 4.36. The molecule has 6 nitrogen and oxygen atoms in total. The Morgan fingerprint density at radius 3 is 2.92 bits per heavy atom. The minimum absolute atomic E-state index is 0.0585. The summed E-state index contributed by atoms with van der Waals surface area (Å²) in [7, 11) is 0. The van der Waals surface area contributed by atoms with Gasteiger partial charge >= 0.3 is 0 Å². The number of nitrogens with zero attached hydrogens (tertiary/aromatic N) is 2. The summed E-state index contributed by atoms with van der Waals surface area (Å²) < 4.78 is 25.8. The van der Waals surface area contributed by atoms with E-state index >= 15 is 0 Å². The number of hydrogen-bond acceptors (Lipinski definition) is 4. The number of nitrogens with one attached hydrogen (secondary N) is 1. The minimum atomic E-state index is -0.326. The van der Waals surface area contributed by atoms with Crippen LogP contribution in [0.5, 0.6) is 5.75 Å². The first-order valence-corrected chi connectivity index (χ1v) is 8.55. The van der Waals surface area contributed by atoms with Crippen molar-refractivity contribution < 1.29 is 18.7 Å². The summed E-state index contributed by atoms with van der Waals surface area (Å²) in [6, 6.07) is 5.89. The summed E-state index contributed by atoms with van der Waals surface area (Å²) in [6.45, 7) is 3.67. The molecule has 1 amide bonds. The Morgan fingerprint density at radius 2 is 2.24 bits per heavy atom. The van der Waals surface area contributed by atoms with E-state index in [0.29, 0.717) is 24.6 Å². The van der Waals surface area contributed by atoms with E-state index in [4.69, 9.17) is 9.47 Å². The zero-order chi connectivity index (χ0) is 17.6. The SMILES string of the molecule is CCCOc1cn(-c2ccc(F)cc2)nc1C(=O)NC[C@H]1CCCO1. The molecule has 1 aromatic heterocycles. The zero-order valence-corrected chi connectivity index (χ0v) is 14.2. The molecule has 0 bridgehead atoms. The van der Waals surface area contributed by atoms with Crippen LogP contribution < -0.4 is 10.1 Å². The lowest BCUT2D eigenvalue weighted by Gasteiger charge is -2.10. The lowest BCUT2D eigenvalue weighted by Crippen LogP contribution is -2.32. The molecule has 0 radical (unpaired) electrons. The second-order valence-electron chi connectivity index (χ2n) is 5.96. The van der Waals surface area contributed by atoms with Crippen LogP contribution in [0.1, 0.15) is 36.7 Å². The monoisotopic (exact) mass is 347 g/mol. The molecule has 1 fully saturated rings. The third-order valence-corrected chi connectivity index (χ3v) is 3.96. The molecular formula is C18H22FN3O3. The van der Waals surface area contributed by atoms with E-state index in [2.05, 4.69) is 10.4 Å². The van der Waals surface area contributed by atoms with Gasteiger partial charge in [-0.05, 0) is 43.5 Å². The second-order valence-corrected chi connectivity index (χ2v) is 5.96. The maximum absolute atomic E-state index is 13.1. The van der Waals surface area contributed by atoms with Crippen LogP contribution in [0.15, 0.2) is 30.5 Å². The normalized spacial score (nSPS) is 16.8. The number of hydrogen-bond donors (Lipinski definition) is 1. The number of carbonyl (C=O) groups excluding carboxylic acids is 1. The molecule has 134 valence electrons. The molecule has 1 aliphatic heterocycles. The number of aromatic nitrogens is 2. The Labute approximate surface area is 145 Å². The van der Waals surface area contributed by atoms with Gasteiger partial charge in [0.2, 0.25) is 0 Å². The van der Waals surface area contributed by atoms with Gasteiger partial charge in [-0.2, -0.15) is 5.10 Å². The molecule has 3 rings (SSSR count). The summed E-state index contributed by atoms with van der Waals surface area (Å²) in [5.74, 6) is -0.216. The molecule has 1 atom stereocenters. The molecule has 1 N–H and O–H groups in total. The topological polar surface area (TPSA) is 65.4 Å². The van der Waals surface area contributed by atoms with Crippen LogP contribution in [-0.4, -0.2) is 41.6 Å². The highest BCUT2D eigenvalue weighted by atomic mass is 19.1. The Morgan fingerprint density at radius 1 is 1.44 bits per heavy atom. The molecule has 2 aromatic rings. The van der Waals surface area contributed by atoms with Crippen molar-refractivity contribution in [1.29, 1.82) is 0 Å². The molecule has 0 aliphatic carbocycles. The van der Waals surface area contributed by atoms with E-state index in [9.17, 15) is 9.18 Å². The number of benzene rings is 1. The summed E-state index contributed by atoms with van der Waals surface area (Å²) in [5, 5.41) is 7.18. The van der Waals surface area contributed by atoms with Gasteiger partial charge in [0.25, 0.3) is 5.91 Å². The van der Waals surface area contributed by atoms with Gasteiger partial charge in [0.1, 0.15) is 5.82 Å². The highest BCUT2D eigenvalue weighted by Crippen LogP contribution is 2.21. The molecule has 1 aliphatic rings. The van der Waals surface area contributed by atoms with Crippen LogP contribution in [-0.2, 0) is 4.74 Å². The van der Waals surface area contributed by atoms with E-state index in [-0.39, 0.29) is 23.5 Å². The van der Waals surface area contributed by atoms with Crippen LogP contribution in [0.3, 0.4) is 0 Å². The van der Waals surface area contributed by atoms with Crippen molar-refractivity contribution in [3.63, 3.8) is 0 Å². The Hall–Kier alpha value is -2.41. The predicted molar refractivity (Wildman–Crippen MR) is 90.6 cm³/mol. The first-order valence-electron chi connectivity index (χ1n) is 8.55. The smallest absolute Gasteiger partial charge is 0.275 e. The summed E-state index contributed by atoms with van der Waals surface area (Å²) in [4.78, 5) is 12.5. The predicted octanol–water partition coefficient (Wildman–Crippen LogP) is 2.71.